The maximum Gasteiger partial charge on any atom is 0.332 e. The van der Waals surface area contributed by atoms with Gasteiger partial charge in [-0.1, -0.05) is 234 Å². The Labute approximate surface area is 814 Å². The summed E-state index contributed by atoms with van der Waals surface area (Å²) in [6.45, 7) is 11.4. The fraction of sp³-hybridized carbons (Fsp3) is 0.939. The van der Waals surface area contributed by atoms with Crippen LogP contribution in [0.15, 0.2) is 0 Å². The molecule has 0 radical (unpaired) electrons. The largest absolute Gasteiger partial charge is 0.479 e. The minimum Gasteiger partial charge on any atom is -0.479 e. The Morgan fingerprint density at radius 3 is 0.877 bits per heavy atom. The fourth-order valence-electron chi connectivity index (χ4n) is 17.7. The van der Waals surface area contributed by atoms with E-state index >= 15 is 0 Å². The zero-order chi connectivity index (χ0) is 102. The van der Waals surface area contributed by atoms with Crippen molar-refractivity contribution in [2.75, 3.05) is 39.6 Å². The van der Waals surface area contributed by atoms with Gasteiger partial charge in [0.25, 0.3) is 0 Å². The normalized spacial score (nSPS) is 31.0. The van der Waals surface area contributed by atoms with Gasteiger partial charge >= 0.3 is 35.8 Å². The second-order valence-electron chi connectivity index (χ2n) is 39.2. The molecule has 808 valence electrons. The lowest BCUT2D eigenvalue weighted by molar-refractivity contribution is -0.380. The van der Waals surface area contributed by atoms with E-state index in [1.807, 2.05) is 27.7 Å². The number of rotatable bonds is 70. The van der Waals surface area contributed by atoms with Crippen molar-refractivity contribution in [3.8, 4) is 0 Å². The summed E-state index contributed by atoms with van der Waals surface area (Å²) in [7, 11) is 0. The molecule has 6 heterocycles. The Morgan fingerprint density at radius 2 is 0.572 bits per heavy atom. The van der Waals surface area contributed by atoms with Gasteiger partial charge in [0, 0.05) is 26.7 Å². The molecule has 0 unspecified atom stereocenters. The van der Waals surface area contributed by atoms with Gasteiger partial charge in [-0.2, -0.15) is 0 Å². The number of carboxylic acids is 2. The SMILES string of the molecule is CCCCCC[C@@H](CCC[C@H](O)CCCCCCCCCCCCC[C@H](O)C(=O)O)O[C@H]1OC[C@H](O)[C@@H](O)[C@@H]1O[C@H]1OC[C@H](OC(C)=O)[C@@H](O)[C@@H]1O[C@H]1O[C@@H](COC(=O)CC(C)C)[C@H](O)[C@@H](O)[C@@H]1O.CCCCCC[C@H](CCC[C@H](O)CCCCCCCCCCCCC[C@H](O)C(=O)O)O[C@H]1OC[C@H](O)[C@@H](O)[C@@H]1O[C@H]1OC[C@H](OC(C)=O)[C@@H](O)[C@@H]1O[C@H]1O[C@@H](COC(=O)CC(C)C)[C@H](O)[C@@H](O)[C@@H]1O. The number of aliphatic hydroxyl groups is 16. The van der Waals surface area contributed by atoms with Gasteiger partial charge in [0.2, 0.25) is 0 Å². The molecule has 0 aliphatic carbocycles. The number of hydrogen-bond acceptors (Lipinski definition) is 38. The number of aliphatic hydroxyl groups excluding tert-OH is 16. The van der Waals surface area contributed by atoms with E-state index in [1.165, 1.54) is 0 Å². The number of carboxylic acid groups (broad SMARTS) is 2. The minimum absolute atomic E-state index is 0.0192. The molecule has 40 nitrogen and oxygen atoms in total. The van der Waals surface area contributed by atoms with E-state index in [9.17, 15) is 110 Å². The third-order valence-electron chi connectivity index (χ3n) is 25.9. The van der Waals surface area contributed by atoms with Crippen LogP contribution < -0.4 is 0 Å². The van der Waals surface area contributed by atoms with Gasteiger partial charge < -0.3 is 168 Å². The Kier molecular flexibility index (Phi) is 62.7. The molecule has 0 amide bonds. The summed E-state index contributed by atoms with van der Waals surface area (Å²) in [4.78, 5) is 69.9. The number of esters is 4. The van der Waals surface area contributed by atoms with Gasteiger partial charge in [0.15, 0.2) is 62.2 Å². The molecule has 0 aromatic carbocycles. The first-order valence-corrected chi connectivity index (χ1v) is 51.6. The van der Waals surface area contributed by atoms with E-state index in [1.54, 1.807) is 0 Å². The highest BCUT2D eigenvalue weighted by Crippen LogP contribution is 2.37. The number of ether oxygens (including phenoxy) is 16. The topological polar surface area (TPSA) is 614 Å². The van der Waals surface area contributed by atoms with Crippen molar-refractivity contribution in [1.29, 1.82) is 0 Å². The molecule has 0 saturated carbocycles. The monoisotopic (exact) mass is 1990 g/mol. The fourth-order valence-corrected chi connectivity index (χ4v) is 17.7. The van der Waals surface area contributed by atoms with Crippen molar-refractivity contribution < 1.29 is 196 Å². The van der Waals surface area contributed by atoms with Crippen LogP contribution in [0.2, 0.25) is 0 Å². The van der Waals surface area contributed by atoms with Gasteiger partial charge in [-0.3, -0.25) is 19.2 Å². The zero-order valence-corrected chi connectivity index (χ0v) is 83.0. The van der Waals surface area contributed by atoms with Crippen molar-refractivity contribution in [2.45, 2.75) is 534 Å². The van der Waals surface area contributed by atoms with Crippen LogP contribution in [0.5, 0.6) is 0 Å². The Bertz CT molecular complexity index is 3020. The van der Waals surface area contributed by atoms with Crippen molar-refractivity contribution in [3.05, 3.63) is 0 Å². The first-order chi connectivity index (χ1) is 65.8. The summed E-state index contributed by atoms with van der Waals surface area (Å²) < 4.78 is 93.8. The summed E-state index contributed by atoms with van der Waals surface area (Å²) in [5.74, 6) is -5.02. The van der Waals surface area contributed by atoms with Crippen LogP contribution in [-0.2, 0) is 105 Å². The highest BCUT2D eigenvalue weighted by atomic mass is 16.8. The third kappa shape index (κ3) is 47.5. The molecule has 0 bridgehead atoms. The highest BCUT2D eigenvalue weighted by molar-refractivity contribution is 5.72. The summed E-state index contributed by atoms with van der Waals surface area (Å²) in [5.41, 5.74) is 0. The van der Waals surface area contributed by atoms with Crippen LogP contribution in [0.1, 0.15) is 338 Å². The average molecular weight is 1990 g/mol. The molecule has 0 spiro atoms. The first-order valence-electron chi connectivity index (χ1n) is 51.6. The van der Waals surface area contributed by atoms with Crippen LogP contribution in [0.25, 0.3) is 0 Å². The number of aliphatic carboxylic acids is 2. The maximum atomic E-state index is 12.3. The zero-order valence-electron chi connectivity index (χ0n) is 83.0. The molecule has 18 N–H and O–H groups in total. The lowest BCUT2D eigenvalue weighted by Gasteiger charge is -2.46. The Balaban J connectivity index is 0.000000487. The van der Waals surface area contributed by atoms with Gasteiger partial charge in [-0.15, -0.1) is 0 Å². The van der Waals surface area contributed by atoms with Crippen molar-refractivity contribution >= 4 is 35.8 Å². The predicted molar refractivity (Wildman–Crippen MR) is 494 cm³/mol. The maximum absolute atomic E-state index is 12.3. The number of carbonyl (C=O) groups is 6. The molecular weight excluding hydrogens is 1820 g/mol. The molecule has 0 aromatic rings. The standard InChI is InChI=1S/2C49H88O20/c2*1-5-6-7-18-23-33(24-20-22-32(51)21-17-15-13-11-9-8-10-12-14-16-19-25-34(52)46(60)61)66-48-44(39(55)35(53)27-63-48)69-49-45(41(57)37(29-64-49)65-31(4)50)68-47-43(59)42(58)40(56)36(67-47)28-62-38(54)26-30(2)3/h2*30,32-37,39-45,47-49,51-53,55-59H,5-29H2,1-4H3,(H,60,61)/t32-,33+,34+,35+,36+,37+,39-,40+,41-,42-,43+,44+,45+,47-,48-,49-;32-,33-,34+,35+,36+,37+,39-,40+,41-,42-,43+,44+,45+,47-,48-,49-/m11/s1. The second-order valence-corrected chi connectivity index (χ2v) is 39.2. The highest BCUT2D eigenvalue weighted by Gasteiger charge is 2.56. The van der Waals surface area contributed by atoms with E-state index in [-0.39, 0.29) is 50.1 Å². The van der Waals surface area contributed by atoms with Crippen LogP contribution in [0.3, 0.4) is 0 Å². The van der Waals surface area contributed by atoms with Gasteiger partial charge in [-0.05, 0) is 88.9 Å². The molecule has 40 heteroatoms. The summed E-state index contributed by atoms with van der Waals surface area (Å²) in [6, 6.07) is 0. The summed E-state index contributed by atoms with van der Waals surface area (Å²) in [5, 5.41) is 190. The number of hydrogen-bond donors (Lipinski definition) is 18. The van der Waals surface area contributed by atoms with Crippen molar-refractivity contribution in [2.24, 2.45) is 11.8 Å². The lowest BCUT2D eigenvalue weighted by atomic mass is 9.98. The number of unbranched alkanes of at least 4 members (excludes halogenated alkanes) is 26. The lowest BCUT2D eigenvalue weighted by Crippen LogP contribution is -2.65. The van der Waals surface area contributed by atoms with E-state index in [0.717, 1.165) is 206 Å². The van der Waals surface area contributed by atoms with E-state index in [4.69, 9.17) is 86.0 Å². The molecule has 0 aromatic heterocycles. The third-order valence-corrected chi connectivity index (χ3v) is 25.9. The average Bonchev–Trinajstić information content (AvgIpc) is 0.785. The quantitative estimate of drug-likeness (QED) is 0.0174. The van der Waals surface area contributed by atoms with Crippen molar-refractivity contribution in [3.63, 3.8) is 0 Å². The van der Waals surface area contributed by atoms with Gasteiger partial charge in [-0.25, -0.2) is 9.59 Å². The van der Waals surface area contributed by atoms with Crippen LogP contribution in [-0.4, -0.2) is 364 Å². The minimum atomic E-state index is -1.90. The Hall–Kier alpha value is -4.30. The summed E-state index contributed by atoms with van der Waals surface area (Å²) in [6.07, 6.45) is -7.71. The number of carbonyl (C=O) groups excluding carboxylic acids is 4. The Morgan fingerprint density at radius 1 is 0.304 bits per heavy atom. The molecule has 32 atom stereocenters. The summed E-state index contributed by atoms with van der Waals surface area (Å²) >= 11 is 0. The molecule has 138 heavy (non-hydrogen) atoms. The molecule has 6 saturated heterocycles. The van der Waals surface area contributed by atoms with E-state index in [0.29, 0.717) is 77.0 Å². The van der Waals surface area contributed by atoms with Crippen molar-refractivity contribution in [1.82, 2.24) is 0 Å². The first kappa shape index (κ1) is 124. The predicted octanol–water partition coefficient (Wildman–Crippen LogP) is 6.57. The van der Waals surface area contributed by atoms with E-state index < -0.39 is 246 Å². The van der Waals surface area contributed by atoms with E-state index in [2.05, 4.69) is 13.8 Å². The molecular formula is C98H176O40. The molecule has 6 rings (SSSR count). The van der Waals surface area contributed by atoms with Crippen LogP contribution in [0.4, 0.5) is 0 Å². The molecule has 6 aliphatic heterocycles. The second kappa shape index (κ2) is 69.7. The van der Waals surface area contributed by atoms with Gasteiger partial charge in [0.05, 0.1) is 50.8 Å². The van der Waals surface area contributed by atoms with Crippen LogP contribution >= 0.6 is 0 Å². The van der Waals surface area contributed by atoms with Crippen LogP contribution in [0, 0.1) is 11.8 Å². The van der Waals surface area contributed by atoms with Gasteiger partial charge in [0.1, 0.15) is 123 Å². The smallest absolute Gasteiger partial charge is 0.332 e. The molecule has 6 fully saturated rings. The molecule has 6 aliphatic rings.